The molecule has 1 aromatic heterocycles. The fraction of sp³-hybridized carbons (Fsp3) is 0.179. The topological polar surface area (TPSA) is 79.7 Å². The van der Waals surface area contributed by atoms with Crippen LogP contribution in [0.25, 0.3) is 16.0 Å². The number of ether oxygens (including phenoxy) is 1. The summed E-state index contributed by atoms with van der Waals surface area (Å²) in [6, 6.07) is 19.6. The SMILES string of the molecule is CCCOc1cccc(/C(O)=C2\C(=O)C(=O)N(c3nc4ccc(C)cc4s3)C2c2ccc(I)cc2)c1. The predicted molar refractivity (Wildman–Crippen MR) is 151 cm³/mol. The van der Waals surface area contributed by atoms with Crippen LogP contribution >= 0.6 is 33.9 Å². The molecule has 2 heterocycles. The predicted octanol–water partition coefficient (Wildman–Crippen LogP) is 6.62. The number of rotatable bonds is 6. The second-order valence-corrected chi connectivity index (χ2v) is 10.8. The molecule has 1 aliphatic rings. The number of Topliss-reactive ketones (excluding diaryl/α,β-unsaturated/α-hetero) is 1. The number of fused-ring (bicyclic) bond motifs is 1. The van der Waals surface area contributed by atoms with Crippen LogP contribution in [-0.2, 0) is 9.59 Å². The summed E-state index contributed by atoms with van der Waals surface area (Å²) in [5.41, 5.74) is 3.00. The number of halogens is 1. The molecule has 4 aromatic rings. The van der Waals surface area contributed by atoms with Crippen molar-refractivity contribution in [2.75, 3.05) is 11.5 Å². The Morgan fingerprint density at radius 2 is 1.89 bits per heavy atom. The van der Waals surface area contributed by atoms with E-state index in [9.17, 15) is 14.7 Å². The summed E-state index contributed by atoms with van der Waals surface area (Å²) in [4.78, 5) is 32.9. The summed E-state index contributed by atoms with van der Waals surface area (Å²) in [5, 5.41) is 11.8. The van der Waals surface area contributed by atoms with E-state index in [4.69, 9.17) is 4.74 Å². The highest BCUT2D eigenvalue weighted by Gasteiger charge is 2.48. The molecule has 1 unspecified atom stereocenters. The van der Waals surface area contributed by atoms with E-state index in [1.54, 1.807) is 24.3 Å². The van der Waals surface area contributed by atoms with E-state index in [0.717, 1.165) is 25.8 Å². The maximum absolute atomic E-state index is 13.4. The van der Waals surface area contributed by atoms with Gasteiger partial charge in [0.15, 0.2) is 5.13 Å². The number of aryl methyl sites for hydroxylation is 1. The van der Waals surface area contributed by atoms with Gasteiger partial charge in [0, 0.05) is 9.13 Å². The average molecular weight is 610 g/mol. The Kier molecular flexibility index (Phi) is 6.81. The van der Waals surface area contributed by atoms with Gasteiger partial charge in [0.25, 0.3) is 5.78 Å². The van der Waals surface area contributed by atoms with Crippen molar-refractivity contribution in [3.8, 4) is 5.75 Å². The van der Waals surface area contributed by atoms with Gasteiger partial charge in [-0.15, -0.1) is 0 Å². The minimum atomic E-state index is -0.816. The molecule has 5 rings (SSSR count). The molecule has 0 aliphatic carbocycles. The smallest absolute Gasteiger partial charge is 0.301 e. The number of aromatic nitrogens is 1. The molecule has 36 heavy (non-hydrogen) atoms. The molecule has 1 atom stereocenters. The number of hydrogen-bond donors (Lipinski definition) is 1. The summed E-state index contributed by atoms with van der Waals surface area (Å²) >= 11 is 3.56. The third kappa shape index (κ3) is 4.51. The third-order valence-corrected chi connectivity index (χ3v) is 7.69. The van der Waals surface area contributed by atoms with Crippen LogP contribution in [0.3, 0.4) is 0 Å². The lowest BCUT2D eigenvalue weighted by atomic mass is 9.95. The van der Waals surface area contributed by atoms with Gasteiger partial charge in [-0.1, -0.05) is 48.6 Å². The molecule has 6 nitrogen and oxygen atoms in total. The molecule has 0 spiro atoms. The van der Waals surface area contributed by atoms with Gasteiger partial charge in [0.05, 0.1) is 28.4 Å². The Morgan fingerprint density at radius 3 is 2.64 bits per heavy atom. The minimum absolute atomic E-state index is 0.0317. The Balaban J connectivity index is 1.68. The number of aliphatic hydroxyl groups is 1. The first-order valence-electron chi connectivity index (χ1n) is 11.5. The van der Waals surface area contributed by atoms with E-state index < -0.39 is 17.7 Å². The fourth-order valence-electron chi connectivity index (χ4n) is 4.22. The van der Waals surface area contributed by atoms with Crippen LogP contribution in [0.2, 0.25) is 0 Å². The van der Waals surface area contributed by atoms with Gasteiger partial charge in [0.2, 0.25) is 0 Å². The first-order chi connectivity index (χ1) is 17.4. The van der Waals surface area contributed by atoms with Crippen LogP contribution in [0.1, 0.15) is 36.1 Å². The molecule has 182 valence electrons. The standard InChI is InChI=1S/C28H23IN2O4S/c1-3-13-35-20-6-4-5-18(15-20)25(32)23-24(17-8-10-19(29)11-9-17)31(27(34)26(23)33)28-30-21-12-7-16(2)14-22(21)36-28/h4-12,14-15,24,32H,3,13H2,1-2H3/b25-23+. The maximum atomic E-state index is 13.4. The molecular formula is C28H23IN2O4S. The fourth-order valence-corrected chi connectivity index (χ4v) is 5.67. The average Bonchev–Trinajstić information content (AvgIpc) is 3.40. The van der Waals surface area contributed by atoms with Crippen molar-refractivity contribution in [1.29, 1.82) is 0 Å². The molecule has 1 N–H and O–H groups in total. The highest BCUT2D eigenvalue weighted by molar-refractivity contribution is 14.1. The van der Waals surface area contributed by atoms with Crippen LogP contribution < -0.4 is 9.64 Å². The van der Waals surface area contributed by atoms with E-state index in [0.29, 0.717) is 28.6 Å². The Labute approximate surface area is 226 Å². The summed E-state index contributed by atoms with van der Waals surface area (Å²) in [5.74, 6) is -1.11. The summed E-state index contributed by atoms with van der Waals surface area (Å²) < 4.78 is 7.65. The zero-order valence-corrected chi connectivity index (χ0v) is 22.7. The molecule has 0 radical (unpaired) electrons. The summed E-state index contributed by atoms with van der Waals surface area (Å²) in [7, 11) is 0. The number of carbonyl (C=O) groups is 2. The molecule has 8 heteroatoms. The molecule has 3 aromatic carbocycles. The second-order valence-electron chi connectivity index (χ2n) is 8.56. The number of aliphatic hydroxyl groups excluding tert-OH is 1. The molecule has 1 aliphatic heterocycles. The summed E-state index contributed by atoms with van der Waals surface area (Å²) in [6.07, 6.45) is 0.843. The zero-order chi connectivity index (χ0) is 25.4. The van der Waals surface area contributed by atoms with Crippen LogP contribution in [0.15, 0.2) is 72.3 Å². The molecule has 0 saturated carbocycles. The van der Waals surface area contributed by atoms with Gasteiger partial charge in [-0.05, 0) is 83.5 Å². The lowest BCUT2D eigenvalue weighted by Gasteiger charge is -2.23. The maximum Gasteiger partial charge on any atom is 0.301 e. The van der Waals surface area contributed by atoms with Crippen molar-refractivity contribution in [2.24, 2.45) is 0 Å². The van der Waals surface area contributed by atoms with Crippen LogP contribution in [0.5, 0.6) is 5.75 Å². The molecule has 1 fully saturated rings. The number of benzene rings is 3. The van der Waals surface area contributed by atoms with E-state index in [-0.39, 0.29) is 11.3 Å². The molecule has 1 amide bonds. The van der Waals surface area contributed by atoms with Gasteiger partial charge >= 0.3 is 5.91 Å². The number of amides is 1. The van der Waals surface area contributed by atoms with Gasteiger partial charge in [-0.3, -0.25) is 14.5 Å². The van der Waals surface area contributed by atoms with Crippen LogP contribution in [0.4, 0.5) is 5.13 Å². The summed E-state index contributed by atoms with van der Waals surface area (Å²) in [6.45, 7) is 4.54. The van der Waals surface area contributed by atoms with Crippen molar-refractivity contribution in [1.82, 2.24) is 4.98 Å². The van der Waals surface area contributed by atoms with E-state index in [2.05, 4.69) is 27.6 Å². The molecule has 1 saturated heterocycles. The normalized spacial score (nSPS) is 17.2. The number of hydrogen-bond acceptors (Lipinski definition) is 6. The Hall–Kier alpha value is -3.24. The number of carbonyl (C=O) groups excluding carboxylic acids is 2. The minimum Gasteiger partial charge on any atom is -0.507 e. The monoisotopic (exact) mass is 610 g/mol. The van der Waals surface area contributed by atoms with Gasteiger partial charge in [-0.25, -0.2) is 4.98 Å². The van der Waals surface area contributed by atoms with Crippen molar-refractivity contribution in [2.45, 2.75) is 26.3 Å². The van der Waals surface area contributed by atoms with Crippen molar-refractivity contribution < 1.29 is 19.4 Å². The highest BCUT2D eigenvalue weighted by atomic mass is 127. The Morgan fingerprint density at radius 1 is 1.11 bits per heavy atom. The van der Waals surface area contributed by atoms with Gasteiger partial charge < -0.3 is 9.84 Å². The lowest BCUT2D eigenvalue weighted by molar-refractivity contribution is -0.132. The van der Waals surface area contributed by atoms with E-state index in [1.807, 2.05) is 56.3 Å². The Bertz CT molecular complexity index is 1510. The van der Waals surface area contributed by atoms with Crippen molar-refractivity contribution in [3.63, 3.8) is 0 Å². The van der Waals surface area contributed by atoms with Crippen molar-refractivity contribution in [3.05, 3.63) is 92.6 Å². The molecular weight excluding hydrogens is 587 g/mol. The number of anilines is 1. The van der Waals surface area contributed by atoms with Gasteiger partial charge in [-0.2, -0.15) is 0 Å². The van der Waals surface area contributed by atoms with E-state index >= 15 is 0 Å². The van der Waals surface area contributed by atoms with Gasteiger partial charge in [0.1, 0.15) is 11.5 Å². The lowest BCUT2D eigenvalue weighted by Crippen LogP contribution is -2.29. The highest BCUT2D eigenvalue weighted by Crippen LogP contribution is 2.44. The third-order valence-electron chi connectivity index (χ3n) is 5.95. The van der Waals surface area contributed by atoms with Crippen LogP contribution in [-0.4, -0.2) is 28.4 Å². The second kappa shape index (κ2) is 10.0. The largest absolute Gasteiger partial charge is 0.507 e. The van der Waals surface area contributed by atoms with E-state index in [1.165, 1.54) is 16.2 Å². The number of ketones is 1. The first kappa shape index (κ1) is 24.5. The zero-order valence-electron chi connectivity index (χ0n) is 19.7. The quantitative estimate of drug-likeness (QED) is 0.115. The molecule has 0 bridgehead atoms. The first-order valence-corrected chi connectivity index (χ1v) is 13.4. The number of nitrogens with zero attached hydrogens (tertiary/aromatic N) is 2. The number of thiazole rings is 1. The van der Waals surface area contributed by atoms with Crippen molar-refractivity contribution >= 4 is 66.7 Å². The van der Waals surface area contributed by atoms with Crippen LogP contribution in [0, 0.1) is 10.5 Å².